The summed E-state index contributed by atoms with van der Waals surface area (Å²) in [6.45, 7) is 0. The van der Waals surface area contributed by atoms with E-state index in [-0.39, 0.29) is 45.3 Å². The zero-order chi connectivity index (χ0) is 28.0. The van der Waals surface area contributed by atoms with E-state index >= 15 is 0 Å². The van der Waals surface area contributed by atoms with Crippen molar-refractivity contribution in [3.63, 3.8) is 0 Å². The van der Waals surface area contributed by atoms with Crippen molar-refractivity contribution in [3.8, 4) is 0 Å². The van der Waals surface area contributed by atoms with Crippen LogP contribution in [0, 0.1) is 21.8 Å². The standard InChI is InChI=1S/C31H23Cl2FN2O3S/c32-19-14-21-27-22(16-26(28(27)33)40-25-9-5-4-8-24(25)36(38)39)29(17-10-12-20(34)13-11-17)35-30(21)23(15-19)31(37)18-6-2-1-3-7-18/h1-15,22,26-29,35H,16H2/t22-,26+,27-,28-,29-/m1/s1. The van der Waals surface area contributed by atoms with Gasteiger partial charge in [0.15, 0.2) is 5.78 Å². The molecule has 0 unspecified atom stereocenters. The number of nitro benzene ring substituents is 1. The van der Waals surface area contributed by atoms with Gasteiger partial charge in [-0.2, -0.15) is 0 Å². The summed E-state index contributed by atoms with van der Waals surface area (Å²) in [6.07, 6.45) is 0.651. The number of nitrogens with one attached hydrogen (secondary N) is 1. The average Bonchev–Trinajstić information content (AvgIpc) is 3.29. The summed E-state index contributed by atoms with van der Waals surface area (Å²) >= 11 is 15.2. The lowest BCUT2D eigenvalue weighted by Crippen LogP contribution is -2.32. The molecule has 0 amide bonds. The Morgan fingerprint density at radius 1 is 1.00 bits per heavy atom. The van der Waals surface area contributed by atoms with Crippen molar-refractivity contribution < 1.29 is 14.1 Å². The molecule has 40 heavy (non-hydrogen) atoms. The largest absolute Gasteiger partial charge is 0.377 e. The molecule has 1 saturated carbocycles. The minimum absolute atomic E-state index is 0.0288. The molecule has 9 heteroatoms. The molecule has 5 atom stereocenters. The predicted molar refractivity (Wildman–Crippen MR) is 157 cm³/mol. The third kappa shape index (κ3) is 4.87. The van der Waals surface area contributed by atoms with Crippen LogP contribution in [-0.2, 0) is 0 Å². The molecule has 4 aromatic rings. The highest BCUT2D eigenvalue weighted by Gasteiger charge is 2.51. The molecule has 1 fully saturated rings. The van der Waals surface area contributed by atoms with Crippen molar-refractivity contribution >= 4 is 52.1 Å². The number of nitro groups is 1. The quantitative estimate of drug-likeness (QED) is 0.105. The Bertz CT molecular complexity index is 1600. The van der Waals surface area contributed by atoms with Crippen LogP contribution >= 0.6 is 35.0 Å². The molecule has 4 aromatic carbocycles. The SMILES string of the molecule is O=C(c1ccccc1)c1cc(Cl)cc2c1N[C@H](c1ccc(F)cc1)[C@@H]1C[C@H](Sc3ccccc3[N+](=O)[O-])[C@@H](Cl)[C@H]21. The molecule has 1 heterocycles. The number of hydrogen-bond acceptors (Lipinski definition) is 5. The maximum Gasteiger partial charge on any atom is 0.282 e. The van der Waals surface area contributed by atoms with Gasteiger partial charge in [-0.3, -0.25) is 14.9 Å². The van der Waals surface area contributed by atoms with Crippen LogP contribution in [0.15, 0.2) is 95.9 Å². The highest BCUT2D eigenvalue weighted by Crippen LogP contribution is 2.59. The lowest BCUT2D eigenvalue weighted by Gasteiger charge is -2.39. The van der Waals surface area contributed by atoms with E-state index in [0.717, 1.165) is 11.1 Å². The van der Waals surface area contributed by atoms with Gasteiger partial charge >= 0.3 is 0 Å². The normalized spacial score (nSPS) is 23.1. The molecule has 0 aromatic heterocycles. The average molecular weight is 594 g/mol. The zero-order valence-electron chi connectivity index (χ0n) is 21.0. The van der Waals surface area contributed by atoms with Crippen molar-refractivity contribution in [3.05, 3.63) is 134 Å². The second kappa shape index (κ2) is 10.9. The van der Waals surface area contributed by atoms with Crippen molar-refractivity contribution in [1.29, 1.82) is 0 Å². The molecular weight excluding hydrogens is 570 g/mol. The second-order valence-electron chi connectivity index (χ2n) is 10.0. The lowest BCUT2D eigenvalue weighted by atomic mass is 9.76. The van der Waals surface area contributed by atoms with E-state index in [0.29, 0.717) is 33.2 Å². The van der Waals surface area contributed by atoms with Gasteiger partial charge in [-0.15, -0.1) is 23.4 Å². The monoisotopic (exact) mass is 592 g/mol. The summed E-state index contributed by atoms with van der Waals surface area (Å²) in [5.74, 6) is -0.735. The van der Waals surface area contributed by atoms with E-state index in [2.05, 4.69) is 5.32 Å². The first kappa shape index (κ1) is 26.8. The molecule has 1 aliphatic carbocycles. The number of fused-ring (bicyclic) bond motifs is 3. The molecule has 5 nitrogen and oxygen atoms in total. The van der Waals surface area contributed by atoms with Gasteiger partial charge in [-0.05, 0) is 53.8 Å². The van der Waals surface area contributed by atoms with Crippen LogP contribution in [0.4, 0.5) is 15.8 Å². The van der Waals surface area contributed by atoms with Crippen LogP contribution in [-0.4, -0.2) is 21.3 Å². The number of thioether (sulfide) groups is 1. The number of alkyl halides is 1. The van der Waals surface area contributed by atoms with Crippen LogP contribution in [0.25, 0.3) is 0 Å². The third-order valence-corrected chi connectivity index (χ3v) is 10.1. The number of ketones is 1. The molecule has 0 bridgehead atoms. The minimum atomic E-state index is -0.406. The number of para-hydroxylation sites is 1. The van der Waals surface area contributed by atoms with E-state index < -0.39 is 5.38 Å². The molecular formula is C31H23Cl2FN2O3S. The van der Waals surface area contributed by atoms with Gasteiger partial charge in [0.05, 0.1) is 21.2 Å². The number of carbonyl (C=O) groups excluding carboxylic acids is 1. The number of benzene rings is 4. The fourth-order valence-electron chi connectivity index (χ4n) is 5.98. The van der Waals surface area contributed by atoms with E-state index in [9.17, 15) is 19.3 Å². The Hall–Kier alpha value is -3.39. The van der Waals surface area contributed by atoms with Gasteiger partial charge < -0.3 is 5.32 Å². The van der Waals surface area contributed by atoms with Crippen LogP contribution in [0.3, 0.4) is 0 Å². The molecule has 1 N–H and O–H groups in total. The summed E-state index contributed by atoms with van der Waals surface area (Å²) in [5, 5.41) is 15.2. The number of rotatable bonds is 6. The molecule has 2 aliphatic rings. The van der Waals surface area contributed by atoms with Crippen molar-refractivity contribution in [2.75, 3.05) is 5.32 Å². The van der Waals surface area contributed by atoms with Crippen molar-refractivity contribution in [2.24, 2.45) is 5.92 Å². The number of anilines is 1. The summed E-state index contributed by atoms with van der Waals surface area (Å²) in [6, 6.07) is 25.3. The highest BCUT2D eigenvalue weighted by atomic mass is 35.5. The summed E-state index contributed by atoms with van der Waals surface area (Å²) in [4.78, 5) is 25.5. The van der Waals surface area contributed by atoms with Gasteiger partial charge in [0.2, 0.25) is 0 Å². The Labute approximate surface area is 244 Å². The summed E-state index contributed by atoms with van der Waals surface area (Å²) in [5.41, 5.74) is 3.40. The topological polar surface area (TPSA) is 72.2 Å². The molecule has 0 saturated heterocycles. The van der Waals surface area contributed by atoms with Crippen LogP contribution < -0.4 is 5.32 Å². The van der Waals surface area contributed by atoms with Gasteiger partial charge in [-0.1, -0.05) is 66.2 Å². The second-order valence-corrected chi connectivity index (χ2v) is 12.3. The lowest BCUT2D eigenvalue weighted by molar-refractivity contribution is -0.387. The first-order valence-corrected chi connectivity index (χ1v) is 14.5. The molecule has 0 radical (unpaired) electrons. The van der Waals surface area contributed by atoms with E-state index in [1.165, 1.54) is 30.0 Å². The van der Waals surface area contributed by atoms with Gasteiger partial charge in [-0.25, -0.2) is 4.39 Å². The summed E-state index contributed by atoms with van der Waals surface area (Å²) in [7, 11) is 0. The number of nitrogens with zero attached hydrogens (tertiary/aromatic N) is 1. The van der Waals surface area contributed by atoms with E-state index in [1.807, 2.05) is 24.3 Å². The van der Waals surface area contributed by atoms with Gasteiger partial charge in [0, 0.05) is 39.1 Å². The number of hydrogen-bond donors (Lipinski definition) is 1. The van der Waals surface area contributed by atoms with E-state index in [1.54, 1.807) is 48.5 Å². The number of carbonyl (C=O) groups is 1. The Morgan fingerprint density at radius 2 is 1.70 bits per heavy atom. The predicted octanol–water partition coefficient (Wildman–Crippen LogP) is 8.66. The smallest absolute Gasteiger partial charge is 0.282 e. The van der Waals surface area contributed by atoms with Gasteiger partial charge in [0.25, 0.3) is 5.69 Å². The van der Waals surface area contributed by atoms with E-state index in [4.69, 9.17) is 23.2 Å². The molecule has 0 spiro atoms. The first-order valence-electron chi connectivity index (χ1n) is 12.8. The molecule has 1 aliphatic heterocycles. The maximum absolute atomic E-state index is 13.9. The van der Waals surface area contributed by atoms with Crippen molar-refractivity contribution in [2.45, 2.75) is 33.9 Å². The van der Waals surface area contributed by atoms with Crippen LogP contribution in [0.2, 0.25) is 5.02 Å². The van der Waals surface area contributed by atoms with Gasteiger partial charge in [0.1, 0.15) is 5.82 Å². The highest BCUT2D eigenvalue weighted by molar-refractivity contribution is 8.00. The summed E-state index contributed by atoms with van der Waals surface area (Å²) < 4.78 is 13.9. The minimum Gasteiger partial charge on any atom is -0.377 e. The van der Waals surface area contributed by atoms with Crippen LogP contribution in [0.1, 0.15) is 45.4 Å². The molecule has 6 rings (SSSR count). The van der Waals surface area contributed by atoms with Crippen LogP contribution in [0.5, 0.6) is 0 Å². The van der Waals surface area contributed by atoms with Crippen molar-refractivity contribution in [1.82, 2.24) is 0 Å². The fraction of sp³-hybridized carbons (Fsp3) is 0.194. The first-order chi connectivity index (χ1) is 19.3. The third-order valence-electron chi connectivity index (χ3n) is 7.73. The Morgan fingerprint density at radius 3 is 2.42 bits per heavy atom. The fourth-order valence-corrected chi connectivity index (χ4v) is 8.15. The Balaban J connectivity index is 1.46. The number of halogens is 3. The molecule has 202 valence electrons. The maximum atomic E-state index is 13.9. The Kier molecular flexibility index (Phi) is 7.29. The zero-order valence-corrected chi connectivity index (χ0v) is 23.3.